The van der Waals surface area contributed by atoms with Crippen molar-refractivity contribution in [3.8, 4) is 0 Å². The van der Waals surface area contributed by atoms with Crippen molar-refractivity contribution in [3.63, 3.8) is 0 Å². The van der Waals surface area contributed by atoms with E-state index in [9.17, 15) is 14.4 Å². The standard InChI is InChI=1S/C68H132O6/c1-4-7-10-13-16-19-22-25-28-29-30-31-32-33-34-35-36-37-38-39-40-41-44-46-49-52-55-58-61-67(70)73-64-65(74-68(71)62-59-56-53-50-47-43-27-24-21-18-15-12-9-6-3)63-72-66(69)60-57-54-51-48-45-42-26-23-20-17-14-11-8-5-2/h65H,4-64H2,1-3H3. The Labute approximate surface area is 463 Å². The first kappa shape index (κ1) is 72.4. The molecule has 0 heterocycles. The highest BCUT2D eigenvalue weighted by Gasteiger charge is 2.19. The highest BCUT2D eigenvalue weighted by molar-refractivity contribution is 5.71. The molecule has 1 unspecified atom stereocenters. The van der Waals surface area contributed by atoms with Crippen LogP contribution in [-0.2, 0) is 28.6 Å². The van der Waals surface area contributed by atoms with Crippen LogP contribution in [0.15, 0.2) is 0 Å². The van der Waals surface area contributed by atoms with Crippen molar-refractivity contribution in [2.75, 3.05) is 13.2 Å². The maximum absolute atomic E-state index is 12.9. The zero-order valence-electron chi connectivity index (χ0n) is 50.7. The van der Waals surface area contributed by atoms with Gasteiger partial charge in [0, 0.05) is 19.3 Å². The molecular formula is C68H132O6. The number of esters is 3. The normalized spacial score (nSPS) is 11.9. The van der Waals surface area contributed by atoms with Crippen molar-refractivity contribution < 1.29 is 28.6 Å². The average molecular weight is 1050 g/mol. The topological polar surface area (TPSA) is 78.9 Å². The lowest BCUT2D eigenvalue weighted by Gasteiger charge is -2.18. The van der Waals surface area contributed by atoms with Gasteiger partial charge < -0.3 is 14.2 Å². The molecule has 0 radical (unpaired) electrons. The molecule has 6 heteroatoms. The molecule has 0 aromatic heterocycles. The van der Waals surface area contributed by atoms with Crippen LogP contribution in [0.4, 0.5) is 0 Å². The number of unbranched alkanes of at least 4 members (excludes halogenated alkanes) is 53. The van der Waals surface area contributed by atoms with Gasteiger partial charge in [0.15, 0.2) is 6.10 Å². The maximum atomic E-state index is 12.9. The minimum Gasteiger partial charge on any atom is -0.462 e. The van der Waals surface area contributed by atoms with E-state index in [0.717, 1.165) is 57.8 Å². The van der Waals surface area contributed by atoms with E-state index in [4.69, 9.17) is 14.2 Å². The van der Waals surface area contributed by atoms with Gasteiger partial charge in [0.25, 0.3) is 0 Å². The van der Waals surface area contributed by atoms with E-state index in [0.29, 0.717) is 19.3 Å². The summed E-state index contributed by atoms with van der Waals surface area (Å²) in [5.74, 6) is -0.825. The van der Waals surface area contributed by atoms with Gasteiger partial charge >= 0.3 is 17.9 Å². The van der Waals surface area contributed by atoms with E-state index in [1.54, 1.807) is 0 Å². The van der Waals surface area contributed by atoms with Crippen molar-refractivity contribution in [2.24, 2.45) is 0 Å². The Hall–Kier alpha value is -1.59. The molecule has 0 N–H and O–H groups in total. The summed E-state index contributed by atoms with van der Waals surface area (Å²) in [4.78, 5) is 38.3. The smallest absolute Gasteiger partial charge is 0.306 e. The van der Waals surface area contributed by atoms with Gasteiger partial charge in [-0.05, 0) is 19.3 Å². The van der Waals surface area contributed by atoms with Gasteiger partial charge in [-0.2, -0.15) is 0 Å². The Kier molecular flexibility index (Phi) is 62.6. The summed E-state index contributed by atoms with van der Waals surface area (Å²) < 4.78 is 17.0. The van der Waals surface area contributed by atoms with Gasteiger partial charge in [0.2, 0.25) is 0 Å². The number of rotatable bonds is 64. The van der Waals surface area contributed by atoms with E-state index in [2.05, 4.69) is 20.8 Å². The third-order valence-electron chi connectivity index (χ3n) is 15.9. The molecule has 0 aliphatic heterocycles. The predicted octanol–water partition coefficient (Wildman–Crippen LogP) is 23.1. The maximum Gasteiger partial charge on any atom is 0.306 e. The second-order valence-electron chi connectivity index (χ2n) is 23.5. The van der Waals surface area contributed by atoms with Crippen molar-refractivity contribution in [1.29, 1.82) is 0 Å². The van der Waals surface area contributed by atoms with Crippen LogP contribution in [0.2, 0.25) is 0 Å². The van der Waals surface area contributed by atoms with Gasteiger partial charge in [-0.15, -0.1) is 0 Å². The molecule has 0 saturated carbocycles. The molecule has 440 valence electrons. The first-order valence-electron chi connectivity index (χ1n) is 34.0. The van der Waals surface area contributed by atoms with Crippen molar-refractivity contribution in [2.45, 2.75) is 406 Å². The quantitative estimate of drug-likeness (QED) is 0.0343. The molecule has 0 fully saturated rings. The Morgan fingerprint density at radius 1 is 0.216 bits per heavy atom. The van der Waals surface area contributed by atoms with Gasteiger partial charge in [0.05, 0.1) is 0 Å². The van der Waals surface area contributed by atoms with Crippen LogP contribution < -0.4 is 0 Å². The summed E-state index contributed by atoms with van der Waals surface area (Å²) in [6, 6.07) is 0. The molecule has 0 saturated heterocycles. The summed E-state index contributed by atoms with van der Waals surface area (Å²) in [7, 11) is 0. The van der Waals surface area contributed by atoms with Crippen LogP contribution in [0.25, 0.3) is 0 Å². The van der Waals surface area contributed by atoms with Gasteiger partial charge in [-0.25, -0.2) is 0 Å². The van der Waals surface area contributed by atoms with Crippen LogP contribution in [-0.4, -0.2) is 37.2 Å². The van der Waals surface area contributed by atoms with E-state index in [1.165, 1.54) is 302 Å². The molecular weight excluding hydrogens is 913 g/mol. The second kappa shape index (κ2) is 63.9. The van der Waals surface area contributed by atoms with E-state index in [1.807, 2.05) is 0 Å². The van der Waals surface area contributed by atoms with Crippen LogP contribution in [0, 0.1) is 0 Å². The minimum absolute atomic E-state index is 0.0605. The van der Waals surface area contributed by atoms with Gasteiger partial charge in [-0.3, -0.25) is 14.4 Å². The fourth-order valence-electron chi connectivity index (χ4n) is 10.7. The number of carbonyl (C=O) groups excluding carboxylic acids is 3. The van der Waals surface area contributed by atoms with E-state index < -0.39 is 6.10 Å². The molecule has 0 bridgehead atoms. The minimum atomic E-state index is -0.762. The molecule has 0 amide bonds. The van der Waals surface area contributed by atoms with E-state index in [-0.39, 0.29) is 31.1 Å². The first-order valence-corrected chi connectivity index (χ1v) is 34.0. The lowest BCUT2D eigenvalue weighted by Crippen LogP contribution is -2.30. The monoisotopic (exact) mass is 1050 g/mol. The molecule has 6 nitrogen and oxygen atoms in total. The Morgan fingerprint density at radius 2 is 0.365 bits per heavy atom. The molecule has 74 heavy (non-hydrogen) atoms. The summed E-state index contributed by atoms with van der Waals surface area (Å²) in [5, 5.41) is 0. The zero-order valence-corrected chi connectivity index (χ0v) is 50.7. The van der Waals surface area contributed by atoms with Crippen molar-refractivity contribution >= 4 is 17.9 Å². The molecule has 0 aromatic rings. The largest absolute Gasteiger partial charge is 0.462 e. The number of carbonyl (C=O) groups is 3. The molecule has 1 atom stereocenters. The third-order valence-corrected chi connectivity index (χ3v) is 15.9. The SMILES string of the molecule is CCCCCCCCCCCCCCCCCCCCCCCCCCCCCCC(=O)OCC(COC(=O)CCCCCCCCCCCCCCCC)OC(=O)CCCCCCCCCCCCCCCC. The molecule has 0 aliphatic rings. The lowest BCUT2D eigenvalue weighted by molar-refractivity contribution is -0.167. The second-order valence-corrected chi connectivity index (χ2v) is 23.5. The van der Waals surface area contributed by atoms with E-state index >= 15 is 0 Å². The van der Waals surface area contributed by atoms with Crippen molar-refractivity contribution in [3.05, 3.63) is 0 Å². The van der Waals surface area contributed by atoms with Crippen LogP contribution in [0.5, 0.6) is 0 Å². The average Bonchev–Trinajstić information content (AvgIpc) is 3.40. The van der Waals surface area contributed by atoms with Gasteiger partial charge in [0.1, 0.15) is 13.2 Å². The Balaban J connectivity index is 4.12. The summed E-state index contributed by atoms with van der Waals surface area (Å²) in [5.41, 5.74) is 0. The third kappa shape index (κ3) is 61.3. The molecule has 0 rings (SSSR count). The summed E-state index contributed by atoms with van der Waals surface area (Å²) in [6.45, 7) is 6.73. The Morgan fingerprint density at radius 3 is 0.541 bits per heavy atom. The summed E-state index contributed by atoms with van der Waals surface area (Å²) >= 11 is 0. The fraction of sp³-hybridized carbons (Fsp3) is 0.956. The molecule has 0 aliphatic carbocycles. The number of ether oxygens (including phenoxy) is 3. The molecule has 0 aromatic carbocycles. The highest BCUT2D eigenvalue weighted by Crippen LogP contribution is 2.19. The van der Waals surface area contributed by atoms with Crippen molar-refractivity contribution in [1.82, 2.24) is 0 Å². The van der Waals surface area contributed by atoms with Crippen LogP contribution >= 0.6 is 0 Å². The number of hydrogen-bond donors (Lipinski definition) is 0. The lowest BCUT2D eigenvalue weighted by atomic mass is 10.0. The van der Waals surface area contributed by atoms with Crippen LogP contribution in [0.1, 0.15) is 400 Å². The number of hydrogen-bond acceptors (Lipinski definition) is 6. The predicted molar refractivity (Wildman–Crippen MR) is 321 cm³/mol. The Bertz CT molecular complexity index is 1110. The van der Waals surface area contributed by atoms with Crippen LogP contribution in [0.3, 0.4) is 0 Å². The fourth-order valence-corrected chi connectivity index (χ4v) is 10.7. The summed E-state index contributed by atoms with van der Waals surface area (Å²) in [6.07, 6.45) is 74.2. The molecule has 0 spiro atoms. The first-order chi connectivity index (χ1) is 36.5. The van der Waals surface area contributed by atoms with Gasteiger partial charge in [-0.1, -0.05) is 361 Å². The zero-order chi connectivity index (χ0) is 53.6. The highest BCUT2D eigenvalue weighted by atomic mass is 16.6.